The van der Waals surface area contributed by atoms with Crippen molar-refractivity contribution in [2.24, 2.45) is 0 Å². The largest absolute Gasteiger partial charge is 0.493 e. The number of benzene rings is 2. The third-order valence-corrected chi connectivity index (χ3v) is 11.5. The summed E-state index contributed by atoms with van der Waals surface area (Å²) in [6, 6.07) is 19.1. The van der Waals surface area contributed by atoms with Crippen LogP contribution in [-0.2, 0) is 27.0 Å². The van der Waals surface area contributed by atoms with Crippen LogP contribution in [0.2, 0.25) is 0 Å². The average Bonchev–Trinajstić information content (AvgIpc) is 3.61. The second-order valence-electron chi connectivity index (χ2n) is 14.5. The highest BCUT2D eigenvalue weighted by Gasteiger charge is 2.42. The fourth-order valence-corrected chi connectivity index (χ4v) is 8.42. The maximum Gasteiger partial charge on any atom is 0.320 e. The summed E-state index contributed by atoms with van der Waals surface area (Å²) in [5.41, 5.74) is 3.18. The number of pyridine rings is 1. The first kappa shape index (κ1) is 38.3. The number of hydrogen-bond donors (Lipinski definition) is 1. The van der Waals surface area contributed by atoms with Crippen molar-refractivity contribution in [2.45, 2.75) is 50.1 Å². The Morgan fingerprint density at radius 1 is 0.774 bits per heavy atom. The lowest BCUT2D eigenvalue weighted by Crippen LogP contribution is -2.59. The molecule has 0 aliphatic carbocycles. The zero-order chi connectivity index (χ0) is 37.3. The molecule has 0 spiro atoms. The van der Waals surface area contributed by atoms with E-state index in [4.69, 9.17) is 18.9 Å². The highest BCUT2D eigenvalue weighted by molar-refractivity contribution is 5.76. The molecular weight excluding hydrogens is 672 g/mol. The molecule has 3 fully saturated rings. The molecule has 3 saturated heterocycles. The van der Waals surface area contributed by atoms with Crippen LogP contribution in [0, 0.1) is 0 Å². The Morgan fingerprint density at radius 2 is 1.43 bits per heavy atom. The van der Waals surface area contributed by atoms with Crippen LogP contribution in [0.3, 0.4) is 0 Å². The van der Waals surface area contributed by atoms with Gasteiger partial charge in [-0.25, -0.2) is 4.79 Å². The molecule has 0 radical (unpaired) electrons. The first-order valence-electron chi connectivity index (χ1n) is 18.9. The van der Waals surface area contributed by atoms with Gasteiger partial charge in [0.15, 0.2) is 11.5 Å². The summed E-state index contributed by atoms with van der Waals surface area (Å²) >= 11 is 0. The maximum absolute atomic E-state index is 13.8. The first-order chi connectivity index (χ1) is 25.8. The molecule has 1 atom stereocenters. The van der Waals surface area contributed by atoms with Crippen LogP contribution in [0.25, 0.3) is 0 Å². The van der Waals surface area contributed by atoms with Gasteiger partial charge in [0.25, 0.3) is 0 Å². The summed E-state index contributed by atoms with van der Waals surface area (Å²) in [7, 11) is 4.95. The smallest absolute Gasteiger partial charge is 0.320 e. The fourth-order valence-electron chi connectivity index (χ4n) is 8.42. The second-order valence-corrected chi connectivity index (χ2v) is 14.5. The van der Waals surface area contributed by atoms with Gasteiger partial charge >= 0.3 is 12.0 Å². The molecule has 286 valence electrons. The van der Waals surface area contributed by atoms with Gasteiger partial charge in [-0.3, -0.25) is 19.6 Å². The number of nitrogens with zero attached hydrogens (tertiary/aromatic N) is 5. The van der Waals surface area contributed by atoms with E-state index in [-0.39, 0.29) is 24.0 Å². The van der Waals surface area contributed by atoms with E-state index < -0.39 is 5.54 Å². The Balaban J connectivity index is 1.10. The van der Waals surface area contributed by atoms with E-state index >= 15 is 0 Å². The zero-order valence-electron chi connectivity index (χ0n) is 31.9. The number of amides is 2. The van der Waals surface area contributed by atoms with Gasteiger partial charge in [-0.05, 0) is 86.7 Å². The number of piperidine rings is 1. The monoisotopic (exact) mass is 728 g/mol. The molecule has 1 aromatic heterocycles. The summed E-state index contributed by atoms with van der Waals surface area (Å²) in [5.74, 6) is 1.74. The zero-order valence-corrected chi connectivity index (χ0v) is 31.9. The summed E-state index contributed by atoms with van der Waals surface area (Å²) in [5, 5.41) is 3.49. The quantitative estimate of drug-likeness (QED) is 0.238. The Bertz CT molecular complexity index is 1620. The highest BCUT2D eigenvalue weighted by atomic mass is 16.5. The summed E-state index contributed by atoms with van der Waals surface area (Å²) in [6.07, 6.45) is 7.40. The van der Waals surface area contributed by atoms with Crippen LogP contribution in [0.4, 0.5) is 4.79 Å². The van der Waals surface area contributed by atoms with Gasteiger partial charge < -0.3 is 34.1 Å². The lowest BCUT2D eigenvalue weighted by molar-refractivity contribution is -0.144. The predicted octanol–water partition coefficient (Wildman–Crippen LogP) is 4.52. The SMILES string of the molecule is CCOC(=O)CN1CCN(C(=O)NC2(c3ccncc3)CCN(CCC3(c4ccccc4)CCN(Cc4cc(OC)c(OC)c(OC)c4)C3)CC2)CC1. The normalized spacial score (nSPS) is 20.9. The Morgan fingerprint density at radius 3 is 2.06 bits per heavy atom. The van der Waals surface area contributed by atoms with E-state index in [0.717, 1.165) is 76.1 Å². The minimum absolute atomic E-state index is 0.0329. The number of nitrogens with one attached hydrogen (secondary N) is 1. The van der Waals surface area contributed by atoms with Crippen molar-refractivity contribution in [1.82, 2.24) is 29.9 Å². The van der Waals surface area contributed by atoms with E-state index in [1.165, 1.54) is 5.56 Å². The van der Waals surface area contributed by atoms with E-state index in [1.807, 2.05) is 36.4 Å². The third-order valence-electron chi connectivity index (χ3n) is 11.5. The first-order valence-corrected chi connectivity index (χ1v) is 18.9. The number of urea groups is 1. The Kier molecular flexibility index (Phi) is 12.7. The predicted molar refractivity (Wildman–Crippen MR) is 203 cm³/mol. The Hall–Kier alpha value is -4.39. The van der Waals surface area contributed by atoms with Crippen LogP contribution >= 0.6 is 0 Å². The molecule has 2 amide bonds. The van der Waals surface area contributed by atoms with Gasteiger partial charge in [-0.2, -0.15) is 0 Å². The van der Waals surface area contributed by atoms with Gasteiger partial charge in [0.05, 0.1) is 40.0 Å². The highest BCUT2D eigenvalue weighted by Crippen LogP contribution is 2.42. The maximum atomic E-state index is 13.8. The van der Waals surface area contributed by atoms with Crippen LogP contribution < -0.4 is 19.5 Å². The number of rotatable bonds is 14. The number of carbonyl (C=O) groups excluding carboxylic acids is 2. The fraction of sp³-hybridized carbons (Fsp3) is 0.537. The molecule has 6 rings (SSSR count). The summed E-state index contributed by atoms with van der Waals surface area (Å²) in [6.45, 7) is 10.4. The molecule has 1 N–H and O–H groups in total. The molecule has 3 aromatic rings. The van der Waals surface area contributed by atoms with Gasteiger partial charge in [0, 0.05) is 70.2 Å². The summed E-state index contributed by atoms with van der Waals surface area (Å²) in [4.78, 5) is 39.1. The van der Waals surface area contributed by atoms with Gasteiger partial charge in [0.2, 0.25) is 5.75 Å². The van der Waals surface area contributed by atoms with E-state index in [0.29, 0.717) is 50.0 Å². The van der Waals surface area contributed by atoms with Crippen LogP contribution in [-0.4, -0.2) is 130 Å². The van der Waals surface area contributed by atoms with Crippen LogP contribution in [0.1, 0.15) is 49.3 Å². The van der Waals surface area contributed by atoms with E-state index in [2.05, 4.69) is 67.5 Å². The number of hydrogen-bond acceptors (Lipinski definition) is 10. The molecule has 0 bridgehead atoms. The Labute approximate surface area is 314 Å². The lowest BCUT2D eigenvalue weighted by Gasteiger charge is -2.45. The number of methoxy groups -OCH3 is 3. The topological polar surface area (TPSA) is 109 Å². The van der Waals surface area contributed by atoms with Gasteiger partial charge in [-0.15, -0.1) is 0 Å². The molecule has 12 heteroatoms. The number of esters is 1. The van der Waals surface area contributed by atoms with E-state index in [1.54, 1.807) is 21.3 Å². The molecular formula is C41H56N6O6. The van der Waals surface area contributed by atoms with Crippen molar-refractivity contribution >= 4 is 12.0 Å². The van der Waals surface area contributed by atoms with Crippen LogP contribution in [0.5, 0.6) is 17.2 Å². The molecule has 1 unspecified atom stereocenters. The molecule has 53 heavy (non-hydrogen) atoms. The van der Waals surface area contributed by atoms with Gasteiger partial charge in [0.1, 0.15) is 0 Å². The molecule has 4 heterocycles. The van der Waals surface area contributed by atoms with Crippen molar-refractivity contribution in [3.63, 3.8) is 0 Å². The lowest BCUT2D eigenvalue weighted by atomic mass is 9.76. The molecule has 3 aliphatic rings. The van der Waals surface area contributed by atoms with Gasteiger partial charge in [-0.1, -0.05) is 30.3 Å². The average molecular weight is 729 g/mol. The molecule has 3 aliphatic heterocycles. The van der Waals surface area contributed by atoms with Crippen molar-refractivity contribution < 1.29 is 28.5 Å². The van der Waals surface area contributed by atoms with Crippen molar-refractivity contribution in [1.29, 1.82) is 0 Å². The third kappa shape index (κ3) is 9.05. The number of aromatic nitrogens is 1. The van der Waals surface area contributed by atoms with Crippen molar-refractivity contribution in [3.8, 4) is 17.2 Å². The number of piperazine rings is 1. The molecule has 12 nitrogen and oxygen atoms in total. The summed E-state index contributed by atoms with van der Waals surface area (Å²) < 4.78 is 22.0. The number of likely N-dealkylation sites (tertiary alicyclic amines) is 2. The minimum Gasteiger partial charge on any atom is -0.493 e. The standard InChI is InChI=1S/C41H56N6O6/c1-5-53-37(48)30-45-23-25-47(26-24-45)39(49)43-41(34-11-17-42-18-12-34)15-21-44(22-16-41)19-13-40(33-9-7-6-8-10-33)14-20-46(31-40)29-32-27-35(50-2)38(52-4)36(28-32)51-3/h6-12,17-18,27-28H,5,13-16,19-26,29-31H2,1-4H3,(H,43,49). The van der Waals surface area contributed by atoms with Crippen molar-refractivity contribution in [3.05, 3.63) is 83.7 Å². The van der Waals surface area contributed by atoms with Crippen molar-refractivity contribution in [2.75, 3.05) is 93.4 Å². The van der Waals surface area contributed by atoms with Crippen LogP contribution in [0.15, 0.2) is 67.0 Å². The molecule has 2 aromatic carbocycles. The number of ether oxygens (including phenoxy) is 4. The second kappa shape index (κ2) is 17.6. The number of carbonyl (C=O) groups is 2. The minimum atomic E-state index is -0.472. The molecule has 0 saturated carbocycles. The van der Waals surface area contributed by atoms with E-state index in [9.17, 15) is 9.59 Å².